The summed E-state index contributed by atoms with van der Waals surface area (Å²) >= 11 is 0. The molecule has 0 bridgehead atoms. The van der Waals surface area contributed by atoms with Gasteiger partial charge in [-0.05, 0) is 31.0 Å². The van der Waals surface area contributed by atoms with Crippen LogP contribution in [0.15, 0.2) is 0 Å². The van der Waals surface area contributed by atoms with E-state index in [0.29, 0.717) is 13.0 Å². The summed E-state index contributed by atoms with van der Waals surface area (Å²) < 4.78 is 10.5. The van der Waals surface area contributed by atoms with E-state index in [1.54, 1.807) is 0 Å². The van der Waals surface area contributed by atoms with Gasteiger partial charge in [0.2, 0.25) is 0 Å². The number of nitrogens with zero attached hydrogens (tertiary/aromatic N) is 1. The summed E-state index contributed by atoms with van der Waals surface area (Å²) in [6.45, 7) is 10.8. The molecule has 1 atom stereocenters. The molecule has 0 radical (unpaired) electrons. The normalized spacial score (nSPS) is 20.3. The van der Waals surface area contributed by atoms with Crippen molar-refractivity contribution in [3.05, 3.63) is 0 Å². The van der Waals surface area contributed by atoms with Crippen molar-refractivity contribution in [1.82, 2.24) is 4.90 Å². The maximum absolute atomic E-state index is 12.3. The van der Waals surface area contributed by atoms with Crippen molar-refractivity contribution in [3.8, 4) is 0 Å². The molecule has 1 saturated heterocycles. The van der Waals surface area contributed by atoms with E-state index in [4.69, 9.17) is 9.16 Å². The Balaban J connectivity index is 2.76. The molecule has 1 aliphatic heterocycles. The Kier molecular flexibility index (Phi) is 4.66. The third kappa shape index (κ3) is 3.49. The second-order valence-electron chi connectivity index (χ2n) is 6.50. The van der Waals surface area contributed by atoms with E-state index in [2.05, 4.69) is 20.8 Å². The van der Waals surface area contributed by atoms with Crippen LogP contribution in [0, 0.1) is 0 Å². The lowest BCUT2D eigenvalue weighted by Crippen LogP contribution is -2.49. The van der Waals surface area contributed by atoms with E-state index in [9.17, 15) is 9.59 Å². The zero-order valence-electron chi connectivity index (χ0n) is 12.8. The number of hydrogen-bond acceptors (Lipinski definition) is 4. The number of likely N-dealkylation sites (tertiary alicyclic amines) is 1. The fourth-order valence-electron chi connectivity index (χ4n) is 1.80. The van der Waals surface area contributed by atoms with Crippen LogP contribution in [0.4, 0.5) is 4.79 Å². The van der Waals surface area contributed by atoms with Crippen LogP contribution in [-0.2, 0) is 14.0 Å². The molecule has 0 saturated carbocycles. The van der Waals surface area contributed by atoms with E-state index in [-0.39, 0.29) is 17.1 Å². The van der Waals surface area contributed by atoms with Gasteiger partial charge in [-0.1, -0.05) is 20.8 Å². The van der Waals surface area contributed by atoms with Crippen molar-refractivity contribution < 1.29 is 18.8 Å². The highest BCUT2D eigenvalue weighted by Gasteiger charge is 2.44. The van der Waals surface area contributed by atoms with Gasteiger partial charge in [0, 0.05) is 6.54 Å². The fourth-order valence-corrected chi connectivity index (χ4v) is 2.66. The second-order valence-corrected chi connectivity index (χ2v) is 11.2. The molecule has 1 amide bonds. The molecule has 0 aromatic rings. The number of carbonyl (C=O) groups is 2. The van der Waals surface area contributed by atoms with Gasteiger partial charge in [-0.3, -0.25) is 4.90 Å². The summed E-state index contributed by atoms with van der Waals surface area (Å²) in [6, 6.07) is -0.484. The fraction of sp³-hybridized carbons (Fsp3) is 0.846. The molecule has 0 aliphatic carbocycles. The lowest BCUT2D eigenvalue weighted by Gasteiger charge is -2.37. The van der Waals surface area contributed by atoms with Crippen LogP contribution < -0.4 is 0 Å². The number of rotatable bonds is 2. The average Bonchev–Trinajstić information content (AvgIpc) is 2.74. The molecule has 1 rings (SSSR count). The summed E-state index contributed by atoms with van der Waals surface area (Å²) in [6.07, 6.45) is 1.09. The number of amides is 1. The number of esters is 1. The molecule has 5 nitrogen and oxygen atoms in total. The molecule has 0 aromatic heterocycles. The van der Waals surface area contributed by atoms with Gasteiger partial charge in [0.15, 0.2) is 0 Å². The van der Waals surface area contributed by atoms with E-state index < -0.39 is 14.4 Å². The molecule has 1 fully saturated rings. The first kappa shape index (κ1) is 16.0. The van der Waals surface area contributed by atoms with E-state index in [0.717, 1.165) is 6.42 Å². The first-order valence-corrected chi connectivity index (χ1v) is 9.58. The van der Waals surface area contributed by atoms with Crippen LogP contribution in [0.2, 0.25) is 18.1 Å². The lowest BCUT2D eigenvalue weighted by atomic mass is 10.2. The summed E-state index contributed by atoms with van der Waals surface area (Å²) in [5.74, 6) is -0.357. The van der Waals surface area contributed by atoms with Gasteiger partial charge in [-0.25, -0.2) is 9.59 Å². The van der Waals surface area contributed by atoms with Crippen LogP contribution >= 0.6 is 0 Å². The third-order valence-corrected chi connectivity index (χ3v) is 8.41. The van der Waals surface area contributed by atoms with Gasteiger partial charge in [0.1, 0.15) is 6.04 Å². The number of carbonyl (C=O) groups excluding carboxylic acids is 2. The van der Waals surface area contributed by atoms with E-state index >= 15 is 0 Å². The Bertz CT molecular complexity index is 362. The first-order chi connectivity index (χ1) is 8.60. The minimum Gasteiger partial charge on any atom is -0.503 e. The maximum Gasteiger partial charge on any atom is 0.396 e. The molecule has 0 unspecified atom stereocenters. The zero-order valence-corrected chi connectivity index (χ0v) is 13.8. The van der Waals surface area contributed by atoms with Crippen molar-refractivity contribution in [2.45, 2.75) is 57.8 Å². The summed E-state index contributed by atoms with van der Waals surface area (Å²) in [5, 5.41) is -0.0385. The predicted molar refractivity (Wildman–Crippen MR) is 75.4 cm³/mol. The molecule has 0 spiro atoms. The maximum atomic E-state index is 12.3. The molecular weight excluding hydrogens is 262 g/mol. The predicted octanol–water partition coefficient (Wildman–Crippen LogP) is 2.77. The van der Waals surface area contributed by atoms with E-state index in [1.807, 2.05) is 13.1 Å². The molecule has 110 valence electrons. The third-order valence-electron chi connectivity index (χ3n) is 4.11. The highest BCUT2D eigenvalue weighted by Crippen LogP contribution is 2.37. The Labute approximate surface area is 116 Å². The first-order valence-electron chi connectivity index (χ1n) is 6.67. The lowest BCUT2D eigenvalue weighted by molar-refractivity contribution is -0.145. The van der Waals surface area contributed by atoms with Crippen LogP contribution in [0.25, 0.3) is 0 Å². The molecule has 1 aliphatic rings. The molecule has 0 N–H and O–H groups in total. The molecule has 0 aromatic carbocycles. The largest absolute Gasteiger partial charge is 0.503 e. The highest BCUT2D eigenvalue weighted by molar-refractivity contribution is 6.75. The number of ether oxygens (including phenoxy) is 1. The topological polar surface area (TPSA) is 55.8 Å². The van der Waals surface area contributed by atoms with Crippen molar-refractivity contribution in [3.63, 3.8) is 0 Å². The molecule has 19 heavy (non-hydrogen) atoms. The molecule has 1 heterocycles. The SMILES string of the molecule is COC(=O)[C@@H]1CCCN1C(=O)O[Si](C)(C)C(C)(C)C. The monoisotopic (exact) mass is 287 g/mol. The Morgan fingerprint density at radius 1 is 1.26 bits per heavy atom. The summed E-state index contributed by atoms with van der Waals surface area (Å²) in [5.41, 5.74) is 0. The van der Waals surface area contributed by atoms with Crippen molar-refractivity contribution in [1.29, 1.82) is 0 Å². The van der Waals surface area contributed by atoms with Gasteiger partial charge < -0.3 is 9.16 Å². The van der Waals surface area contributed by atoms with Crippen molar-refractivity contribution in [2.75, 3.05) is 13.7 Å². The Morgan fingerprint density at radius 3 is 2.32 bits per heavy atom. The highest BCUT2D eigenvalue weighted by atomic mass is 28.4. The minimum absolute atomic E-state index is 0.0385. The quantitative estimate of drug-likeness (QED) is 0.579. The summed E-state index contributed by atoms with van der Waals surface area (Å²) in [7, 11) is -0.808. The number of hydrogen-bond donors (Lipinski definition) is 0. The van der Waals surface area contributed by atoms with Crippen molar-refractivity contribution in [2.24, 2.45) is 0 Å². The van der Waals surface area contributed by atoms with Gasteiger partial charge in [0.05, 0.1) is 7.11 Å². The van der Waals surface area contributed by atoms with Gasteiger partial charge in [0.25, 0.3) is 8.32 Å². The zero-order chi connectivity index (χ0) is 14.8. The Hall–Kier alpha value is -1.04. The standard InChI is InChI=1S/C13H25NO4Si/c1-13(2,3)19(5,6)18-12(16)14-9-7-8-10(14)11(15)17-4/h10H,7-9H2,1-6H3/t10-/m0/s1. The van der Waals surface area contributed by atoms with Gasteiger partial charge in [-0.2, -0.15) is 0 Å². The minimum atomic E-state index is -2.15. The van der Waals surface area contributed by atoms with Crippen LogP contribution in [0.1, 0.15) is 33.6 Å². The summed E-state index contributed by atoms with van der Waals surface area (Å²) in [4.78, 5) is 25.4. The van der Waals surface area contributed by atoms with Crippen LogP contribution in [0.3, 0.4) is 0 Å². The van der Waals surface area contributed by atoms with Gasteiger partial charge >= 0.3 is 12.1 Å². The van der Waals surface area contributed by atoms with Crippen LogP contribution in [0.5, 0.6) is 0 Å². The van der Waals surface area contributed by atoms with Crippen LogP contribution in [-0.4, -0.2) is 45.0 Å². The average molecular weight is 287 g/mol. The second kappa shape index (κ2) is 5.52. The Morgan fingerprint density at radius 2 is 1.84 bits per heavy atom. The van der Waals surface area contributed by atoms with Gasteiger partial charge in [-0.15, -0.1) is 0 Å². The van der Waals surface area contributed by atoms with Crippen molar-refractivity contribution >= 4 is 20.4 Å². The molecule has 6 heteroatoms. The smallest absolute Gasteiger partial charge is 0.396 e. The molecular formula is C13H25NO4Si. The van der Waals surface area contributed by atoms with E-state index in [1.165, 1.54) is 12.0 Å². The number of methoxy groups -OCH3 is 1.